The predicted octanol–water partition coefficient (Wildman–Crippen LogP) is 7.09. The van der Waals surface area contributed by atoms with Gasteiger partial charge in [0.2, 0.25) is 0 Å². The molecule has 0 aliphatic heterocycles. The van der Waals surface area contributed by atoms with E-state index < -0.39 is 0 Å². The first kappa shape index (κ1) is 19.4. The zero-order chi connectivity index (χ0) is 15.4. The first-order valence-corrected chi connectivity index (χ1v) is 8.27. The lowest BCUT2D eigenvalue weighted by Gasteiger charge is -1.88. The van der Waals surface area contributed by atoms with Crippen LogP contribution in [0.2, 0.25) is 0 Å². The SMILES string of the molecule is C=CCCC/C=C/C/C=C/C/C=C/C/C=C/C/C=C/CC. The van der Waals surface area contributed by atoms with Crippen molar-refractivity contribution in [3.63, 3.8) is 0 Å². The molecule has 0 aliphatic carbocycles. The molecule has 116 valence electrons. The summed E-state index contributed by atoms with van der Waals surface area (Å²) in [6.45, 7) is 5.88. The molecule has 0 spiro atoms. The lowest BCUT2D eigenvalue weighted by molar-refractivity contribution is 0.867. The van der Waals surface area contributed by atoms with E-state index in [-0.39, 0.29) is 0 Å². The summed E-state index contributed by atoms with van der Waals surface area (Å²) in [4.78, 5) is 0. The Kier molecular flexibility index (Phi) is 17.1. The summed E-state index contributed by atoms with van der Waals surface area (Å²) in [7, 11) is 0. The second-order valence-electron chi connectivity index (χ2n) is 4.93. The maximum atomic E-state index is 3.72. The van der Waals surface area contributed by atoms with Gasteiger partial charge in [-0.1, -0.05) is 73.8 Å². The fourth-order valence-corrected chi connectivity index (χ4v) is 1.75. The maximum absolute atomic E-state index is 3.72. The molecule has 0 amide bonds. The van der Waals surface area contributed by atoms with Crippen LogP contribution in [0.5, 0.6) is 0 Å². The Bertz CT molecular complexity index is 350. The minimum atomic E-state index is 1.04. The summed E-state index contributed by atoms with van der Waals surface area (Å²) in [6, 6.07) is 0. The van der Waals surface area contributed by atoms with Gasteiger partial charge in [0.1, 0.15) is 0 Å². The Morgan fingerprint density at radius 2 is 1.00 bits per heavy atom. The normalized spacial score (nSPS) is 12.8. The van der Waals surface area contributed by atoms with E-state index in [0.29, 0.717) is 0 Å². The topological polar surface area (TPSA) is 0 Å². The average molecular weight is 284 g/mol. The number of hydrogen-bond donors (Lipinski definition) is 0. The van der Waals surface area contributed by atoms with Crippen LogP contribution in [0.4, 0.5) is 0 Å². The van der Waals surface area contributed by atoms with Gasteiger partial charge in [0, 0.05) is 0 Å². The first-order chi connectivity index (χ1) is 10.4. The second kappa shape index (κ2) is 18.4. The van der Waals surface area contributed by atoms with Crippen LogP contribution < -0.4 is 0 Å². The van der Waals surface area contributed by atoms with E-state index >= 15 is 0 Å². The van der Waals surface area contributed by atoms with Crippen molar-refractivity contribution in [2.75, 3.05) is 0 Å². The minimum Gasteiger partial charge on any atom is -0.103 e. The molecule has 0 heteroatoms. The Balaban J connectivity index is 3.43. The third-order valence-electron chi connectivity index (χ3n) is 2.94. The van der Waals surface area contributed by atoms with E-state index in [1.165, 1.54) is 12.8 Å². The van der Waals surface area contributed by atoms with Gasteiger partial charge in [-0.05, 0) is 51.4 Å². The fraction of sp³-hybridized carbons (Fsp3) is 0.429. The second-order valence-corrected chi connectivity index (χ2v) is 4.93. The van der Waals surface area contributed by atoms with Crippen LogP contribution in [-0.2, 0) is 0 Å². The highest BCUT2D eigenvalue weighted by Crippen LogP contribution is 1.99. The lowest BCUT2D eigenvalue weighted by atomic mass is 10.2. The molecule has 0 fully saturated rings. The molecule has 0 N–H and O–H groups in total. The Morgan fingerprint density at radius 1 is 0.571 bits per heavy atom. The van der Waals surface area contributed by atoms with Gasteiger partial charge in [-0.3, -0.25) is 0 Å². The molecule has 0 unspecified atom stereocenters. The Hall–Kier alpha value is -1.56. The molecule has 0 aromatic carbocycles. The standard InChI is InChI=1S/C21H32/c1-3-5-7-9-11-13-15-17-19-21-20-18-16-14-12-10-8-6-4-2/h3,6,8,11-14,17-20H,1,4-5,7,9-10,15-16,21H2,2H3/b8-6+,13-11+,14-12+,19-17+,20-18+. The van der Waals surface area contributed by atoms with E-state index in [1.54, 1.807) is 0 Å². The highest BCUT2D eigenvalue weighted by Gasteiger charge is 1.78. The summed E-state index contributed by atoms with van der Waals surface area (Å²) >= 11 is 0. The van der Waals surface area contributed by atoms with Gasteiger partial charge in [-0.15, -0.1) is 6.58 Å². The molecular weight excluding hydrogens is 252 g/mol. The molecule has 0 bridgehead atoms. The van der Waals surface area contributed by atoms with Crippen LogP contribution in [0.25, 0.3) is 0 Å². The molecule has 0 aromatic heterocycles. The molecule has 0 radical (unpaired) electrons. The number of unbranched alkanes of at least 4 members (excludes halogenated alkanes) is 2. The van der Waals surface area contributed by atoms with Crippen LogP contribution in [0.1, 0.15) is 58.3 Å². The van der Waals surface area contributed by atoms with Gasteiger partial charge < -0.3 is 0 Å². The molecule has 0 aliphatic rings. The molecule has 0 nitrogen and oxygen atoms in total. The van der Waals surface area contributed by atoms with Gasteiger partial charge >= 0.3 is 0 Å². The molecule has 0 rings (SSSR count). The minimum absolute atomic E-state index is 1.04. The summed E-state index contributed by atoms with van der Waals surface area (Å²) in [5, 5.41) is 0. The van der Waals surface area contributed by atoms with Crippen molar-refractivity contribution in [3.05, 3.63) is 73.4 Å². The quantitative estimate of drug-likeness (QED) is 0.250. The highest BCUT2D eigenvalue weighted by atomic mass is 13.8. The van der Waals surface area contributed by atoms with Crippen LogP contribution in [0, 0.1) is 0 Å². The molecule has 0 saturated carbocycles. The Labute approximate surface area is 132 Å². The van der Waals surface area contributed by atoms with Gasteiger partial charge in [-0.25, -0.2) is 0 Å². The molecule has 21 heavy (non-hydrogen) atoms. The van der Waals surface area contributed by atoms with E-state index in [1.807, 2.05) is 6.08 Å². The predicted molar refractivity (Wildman–Crippen MR) is 98.5 cm³/mol. The van der Waals surface area contributed by atoms with E-state index in [9.17, 15) is 0 Å². The molecule has 0 atom stereocenters. The summed E-state index contributed by atoms with van der Waals surface area (Å²) in [6.07, 6.45) is 33.1. The lowest BCUT2D eigenvalue weighted by Crippen LogP contribution is -1.68. The largest absolute Gasteiger partial charge is 0.103 e. The summed E-state index contributed by atoms with van der Waals surface area (Å²) in [5.74, 6) is 0. The van der Waals surface area contributed by atoms with E-state index in [0.717, 1.165) is 38.5 Å². The highest BCUT2D eigenvalue weighted by molar-refractivity contribution is 5.00. The summed E-state index contributed by atoms with van der Waals surface area (Å²) in [5.41, 5.74) is 0. The molecule has 0 saturated heterocycles. The van der Waals surface area contributed by atoms with Crippen molar-refractivity contribution >= 4 is 0 Å². The zero-order valence-corrected chi connectivity index (χ0v) is 13.7. The fourth-order valence-electron chi connectivity index (χ4n) is 1.75. The van der Waals surface area contributed by atoms with E-state index in [2.05, 4.69) is 74.3 Å². The van der Waals surface area contributed by atoms with Crippen LogP contribution in [-0.4, -0.2) is 0 Å². The van der Waals surface area contributed by atoms with Crippen molar-refractivity contribution in [1.82, 2.24) is 0 Å². The third kappa shape index (κ3) is 18.4. The summed E-state index contributed by atoms with van der Waals surface area (Å²) < 4.78 is 0. The van der Waals surface area contributed by atoms with Crippen LogP contribution in [0.3, 0.4) is 0 Å². The number of hydrogen-bond acceptors (Lipinski definition) is 0. The van der Waals surface area contributed by atoms with Crippen LogP contribution in [0.15, 0.2) is 73.4 Å². The molecular formula is C21H32. The van der Waals surface area contributed by atoms with Gasteiger partial charge in [0.05, 0.1) is 0 Å². The van der Waals surface area contributed by atoms with Gasteiger partial charge in [-0.2, -0.15) is 0 Å². The Morgan fingerprint density at radius 3 is 1.43 bits per heavy atom. The number of allylic oxidation sites excluding steroid dienone is 11. The number of rotatable bonds is 13. The monoisotopic (exact) mass is 284 g/mol. The maximum Gasteiger partial charge on any atom is -0.0169 e. The van der Waals surface area contributed by atoms with Gasteiger partial charge in [0.25, 0.3) is 0 Å². The molecule has 0 aromatic rings. The van der Waals surface area contributed by atoms with Crippen molar-refractivity contribution in [1.29, 1.82) is 0 Å². The van der Waals surface area contributed by atoms with Crippen molar-refractivity contribution in [3.8, 4) is 0 Å². The van der Waals surface area contributed by atoms with Crippen molar-refractivity contribution < 1.29 is 0 Å². The van der Waals surface area contributed by atoms with Crippen molar-refractivity contribution in [2.24, 2.45) is 0 Å². The van der Waals surface area contributed by atoms with E-state index in [4.69, 9.17) is 0 Å². The van der Waals surface area contributed by atoms with Crippen LogP contribution >= 0.6 is 0 Å². The van der Waals surface area contributed by atoms with Crippen molar-refractivity contribution in [2.45, 2.75) is 58.3 Å². The molecule has 0 heterocycles. The average Bonchev–Trinajstić information content (AvgIpc) is 2.50. The van der Waals surface area contributed by atoms with Gasteiger partial charge in [0.15, 0.2) is 0 Å². The first-order valence-electron chi connectivity index (χ1n) is 8.27. The third-order valence-corrected chi connectivity index (χ3v) is 2.94. The zero-order valence-electron chi connectivity index (χ0n) is 13.7. The smallest absolute Gasteiger partial charge is 0.0169 e.